The van der Waals surface area contributed by atoms with Gasteiger partial charge in [-0.05, 0) is 75.2 Å². The van der Waals surface area contributed by atoms with Gasteiger partial charge < -0.3 is 4.74 Å². The first kappa shape index (κ1) is 21.9. The molecule has 1 aliphatic rings. The van der Waals surface area contributed by atoms with E-state index in [9.17, 15) is 13.2 Å². The number of hydrogen-bond acceptors (Lipinski definition) is 6. The highest BCUT2D eigenvalue weighted by Crippen LogP contribution is 2.29. The minimum absolute atomic E-state index is 0.162. The van der Waals surface area contributed by atoms with E-state index in [2.05, 4.69) is 16.4 Å². The monoisotopic (exact) mass is 459 g/mol. The number of rotatable bonds is 4. The molecule has 3 aromatic rings. The number of carbonyl (C=O) groups is 1. The van der Waals surface area contributed by atoms with E-state index in [-0.39, 0.29) is 23.0 Å². The number of amides is 1. The number of nitrogens with zero attached hydrogens (tertiary/aromatic N) is 2. The molecule has 0 spiro atoms. The molecule has 1 aliphatic heterocycles. The lowest BCUT2D eigenvalue weighted by Crippen LogP contribution is -2.48. The molecule has 0 saturated carbocycles. The van der Waals surface area contributed by atoms with Crippen molar-refractivity contribution in [2.75, 3.05) is 18.4 Å². The Morgan fingerprint density at radius 1 is 1.10 bits per heavy atom. The summed E-state index contributed by atoms with van der Waals surface area (Å²) in [5.41, 5.74) is 3.54. The first-order chi connectivity index (χ1) is 14.6. The van der Waals surface area contributed by atoms with Crippen LogP contribution in [-0.4, -0.2) is 48.9 Å². The highest BCUT2D eigenvalue weighted by Gasteiger charge is 2.32. The first-order valence-corrected chi connectivity index (χ1v) is 12.3. The van der Waals surface area contributed by atoms with Gasteiger partial charge in [0.05, 0.1) is 27.3 Å². The van der Waals surface area contributed by atoms with Crippen molar-refractivity contribution in [2.45, 2.75) is 44.8 Å². The molecular weight excluding hydrogens is 434 g/mol. The lowest BCUT2D eigenvalue weighted by molar-refractivity contribution is -0.0440. The number of ether oxygens (including phenoxy) is 1. The molecule has 1 aromatic heterocycles. The summed E-state index contributed by atoms with van der Waals surface area (Å²) < 4.78 is 34.0. The second kappa shape index (κ2) is 8.31. The van der Waals surface area contributed by atoms with E-state index in [1.54, 1.807) is 0 Å². The summed E-state index contributed by atoms with van der Waals surface area (Å²) in [6, 6.07) is 10.1. The van der Waals surface area contributed by atoms with Crippen LogP contribution in [0.4, 0.5) is 5.13 Å². The largest absolute Gasteiger partial charge is 0.373 e. The Morgan fingerprint density at radius 3 is 2.35 bits per heavy atom. The Balaban J connectivity index is 1.50. The second-order valence-corrected chi connectivity index (χ2v) is 10.9. The molecule has 4 rings (SSSR count). The molecule has 31 heavy (non-hydrogen) atoms. The third-order valence-corrected chi connectivity index (χ3v) is 8.14. The van der Waals surface area contributed by atoms with E-state index >= 15 is 0 Å². The van der Waals surface area contributed by atoms with E-state index in [1.807, 2.05) is 33.8 Å². The maximum atomic E-state index is 13.0. The molecule has 0 radical (unpaired) electrons. The molecule has 2 atom stereocenters. The standard InChI is InChI=1S/C22H25N3O4S2/c1-13-9-19-20(10-14(13)2)30-22(23-19)24-21(26)17-5-7-18(8-6-17)31(27,28)25-11-15(3)29-16(4)12-25/h5-10,15-16H,11-12H2,1-4H3,(H,23,24,26)/t15-,16-/m1/s1. The van der Waals surface area contributed by atoms with Crippen LogP contribution in [0.25, 0.3) is 10.2 Å². The predicted molar refractivity (Wildman–Crippen MR) is 122 cm³/mol. The fourth-order valence-corrected chi connectivity index (χ4v) is 6.19. The molecule has 7 nitrogen and oxygen atoms in total. The normalized spacial score (nSPS) is 20.1. The Hall–Kier alpha value is -2.33. The number of nitrogens with one attached hydrogen (secondary N) is 1. The molecule has 0 unspecified atom stereocenters. The van der Waals surface area contributed by atoms with Gasteiger partial charge in [0.2, 0.25) is 10.0 Å². The number of carbonyl (C=O) groups excluding carboxylic acids is 1. The van der Waals surface area contributed by atoms with Crippen LogP contribution in [0.1, 0.15) is 35.3 Å². The van der Waals surface area contributed by atoms with Gasteiger partial charge in [0.25, 0.3) is 5.91 Å². The summed E-state index contributed by atoms with van der Waals surface area (Å²) in [4.78, 5) is 17.3. The lowest BCUT2D eigenvalue weighted by Gasteiger charge is -2.34. The summed E-state index contributed by atoms with van der Waals surface area (Å²) in [6.07, 6.45) is -0.324. The van der Waals surface area contributed by atoms with Crippen LogP contribution in [-0.2, 0) is 14.8 Å². The summed E-state index contributed by atoms with van der Waals surface area (Å²) >= 11 is 1.41. The molecule has 1 saturated heterocycles. The quantitative estimate of drug-likeness (QED) is 0.638. The van der Waals surface area contributed by atoms with Gasteiger partial charge in [-0.25, -0.2) is 13.4 Å². The summed E-state index contributed by atoms with van der Waals surface area (Å²) in [7, 11) is -3.64. The third-order valence-electron chi connectivity index (χ3n) is 5.36. The van der Waals surface area contributed by atoms with Crippen molar-refractivity contribution < 1.29 is 17.9 Å². The molecule has 1 fully saturated rings. The van der Waals surface area contributed by atoms with Gasteiger partial charge in [0.1, 0.15) is 0 Å². The lowest BCUT2D eigenvalue weighted by atomic mass is 10.1. The zero-order valence-electron chi connectivity index (χ0n) is 17.9. The van der Waals surface area contributed by atoms with Crippen molar-refractivity contribution in [1.82, 2.24) is 9.29 Å². The Labute approximate surface area is 186 Å². The van der Waals surface area contributed by atoms with Crippen LogP contribution in [0.5, 0.6) is 0 Å². The van der Waals surface area contributed by atoms with E-state index < -0.39 is 10.0 Å². The fourth-order valence-electron chi connectivity index (χ4n) is 3.66. The molecule has 9 heteroatoms. The van der Waals surface area contributed by atoms with Crippen molar-refractivity contribution in [3.63, 3.8) is 0 Å². The van der Waals surface area contributed by atoms with E-state index in [0.717, 1.165) is 15.8 Å². The van der Waals surface area contributed by atoms with Crippen molar-refractivity contribution in [3.05, 3.63) is 53.1 Å². The number of aromatic nitrogens is 1. The highest BCUT2D eigenvalue weighted by molar-refractivity contribution is 7.89. The maximum Gasteiger partial charge on any atom is 0.257 e. The molecule has 2 heterocycles. The van der Waals surface area contributed by atoms with E-state index in [1.165, 1.54) is 45.5 Å². The van der Waals surface area contributed by atoms with Crippen LogP contribution in [0.15, 0.2) is 41.3 Å². The zero-order chi connectivity index (χ0) is 22.3. The van der Waals surface area contributed by atoms with Gasteiger partial charge in [0, 0.05) is 18.7 Å². The number of aryl methyl sites for hydroxylation is 2. The van der Waals surface area contributed by atoms with Crippen LogP contribution in [0.2, 0.25) is 0 Å². The maximum absolute atomic E-state index is 13.0. The summed E-state index contributed by atoms with van der Waals surface area (Å²) in [5, 5.41) is 3.32. The average molecular weight is 460 g/mol. The van der Waals surface area contributed by atoms with E-state index in [0.29, 0.717) is 23.8 Å². The van der Waals surface area contributed by atoms with Gasteiger partial charge >= 0.3 is 0 Å². The Bertz CT molecular complexity index is 1190. The molecule has 164 valence electrons. The first-order valence-electron chi connectivity index (χ1n) is 10.1. The topological polar surface area (TPSA) is 88.6 Å². The van der Waals surface area contributed by atoms with Crippen LogP contribution >= 0.6 is 11.3 Å². The smallest absolute Gasteiger partial charge is 0.257 e. The highest BCUT2D eigenvalue weighted by atomic mass is 32.2. The number of thiazole rings is 1. The summed E-state index contributed by atoms with van der Waals surface area (Å²) in [6.45, 7) is 8.41. The SMILES string of the molecule is Cc1cc2nc(NC(=O)c3ccc(S(=O)(=O)N4C[C@@H](C)O[C@H](C)C4)cc3)sc2cc1C. The number of fused-ring (bicyclic) bond motifs is 1. The second-order valence-electron chi connectivity index (χ2n) is 7.98. The minimum Gasteiger partial charge on any atom is -0.373 e. The number of sulfonamides is 1. The van der Waals surface area contributed by atoms with Crippen molar-refractivity contribution in [3.8, 4) is 0 Å². The Morgan fingerprint density at radius 2 is 1.71 bits per heavy atom. The van der Waals surface area contributed by atoms with E-state index in [4.69, 9.17) is 4.74 Å². The molecule has 1 amide bonds. The number of anilines is 1. The van der Waals surface area contributed by atoms with Crippen molar-refractivity contribution in [2.24, 2.45) is 0 Å². The van der Waals surface area contributed by atoms with Gasteiger partial charge in [-0.1, -0.05) is 11.3 Å². The third kappa shape index (κ3) is 4.50. The number of benzene rings is 2. The van der Waals surface area contributed by atoms with Crippen molar-refractivity contribution >= 4 is 42.6 Å². The molecule has 1 N–H and O–H groups in total. The number of hydrogen-bond donors (Lipinski definition) is 1. The van der Waals surface area contributed by atoms with Crippen LogP contribution in [0, 0.1) is 13.8 Å². The van der Waals surface area contributed by atoms with Gasteiger partial charge in [-0.3, -0.25) is 10.1 Å². The molecule has 0 bridgehead atoms. The fraction of sp³-hybridized carbons (Fsp3) is 0.364. The minimum atomic E-state index is -3.64. The zero-order valence-corrected chi connectivity index (χ0v) is 19.5. The molecule has 2 aromatic carbocycles. The van der Waals surface area contributed by atoms with Crippen LogP contribution in [0.3, 0.4) is 0 Å². The van der Waals surface area contributed by atoms with Gasteiger partial charge in [-0.15, -0.1) is 0 Å². The Kier molecular flexibility index (Phi) is 5.87. The number of morpholine rings is 1. The molecular formula is C22H25N3O4S2. The molecule has 0 aliphatic carbocycles. The van der Waals surface area contributed by atoms with Gasteiger partial charge in [-0.2, -0.15) is 4.31 Å². The average Bonchev–Trinajstić information content (AvgIpc) is 3.08. The van der Waals surface area contributed by atoms with Crippen LogP contribution < -0.4 is 5.32 Å². The predicted octanol–water partition coefficient (Wildman–Crippen LogP) is 3.96. The van der Waals surface area contributed by atoms with Crippen molar-refractivity contribution in [1.29, 1.82) is 0 Å². The summed E-state index contributed by atoms with van der Waals surface area (Å²) in [5.74, 6) is -0.329. The van der Waals surface area contributed by atoms with Gasteiger partial charge in [0.15, 0.2) is 5.13 Å².